The van der Waals surface area contributed by atoms with Gasteiger partial charge in [-0.2, -0.15) is 5.10 Å². The predicted molar refractivity (Wildman–Crippen MR) is 118 cm³/mol. The number of non-ortho nitro benzene ring substituents is 1. The van der Waals surface area contributed by atoms with E-state index in [0.717, 1.165) is 32.9 Å². The molecule has 0 N–H and O–H groups in total. The molecular formula is C22H22N4O2S. The number of nitrogens with zero attached hydrogens (tertiary/aromatic N) is 4. The molecular weight excluding hydrogens is 384 g/mol. The van der Waals surface area contributed by atoms with Gasteiger partial charge in [-0.25, -0.2) is 4.68 Å². The third-order valence-corrected chi connectivity index (χ3v) is 5.12. The Bertz CT molecular complexity index is 1140. The topological polar surface area (TPSA) is 72.8 Å². The molecule has 148 valence electrons. The second-order valence-corrected chi connectivity index (χ2v) is 7.68. The maximum absolute atomic E-state index is 10.9. The van der Waals surface area contributed by atoms with E-state index in [0.29, 0.717) is 6.54 Å². The van der Waals surface area contributed by atoms with Gasteiger partial charge in [0.2, 0.25) is 4.80 Å². The van der Waals surface area contributed by atoms with Gasteiger partial charge in [0.15, 0.2) is 0 Å². The Morgan fingerprint density at radius 1 is 1.14 bits per heavy atom. The van der Waals surface area contributed by atoms with Gasteiger partial charge in [0, 0.05) is 23.1 Å². The number of hydrogen-bond donors (Lipinski definition) is 0. The van der Waals surface area contributed by atoms with Crippen molar-refractivity contribution < 1.29 is 4.92 Å². The summed E-state index contributed by atoms with van der Waals surface area (Å²) in [6.07, 6.45) is 0. The van der Waals surface area contributed by atoms with Gasteiger partial charge in [-0.1, -0.05) is 42.0 Å². The van der Waals surface area contributed by atoms with Crippen LogP contribution < -0.4 is 4.80 Å². The highest BCUT2D eigenvalue weighted by Gasteiger charge is 2.10. The lowest BCUT2D eigenvalue weighted by molar-refractivity contribution is -0.384. The summed E-state index contributed by atoms with van der Waals surface area (Å²) < 4.78 is 1.83. The average Bonchev–Trinajstić information content (AvgIpc) is 3.09. The molecule has 3 rings (SSSR count). The molecule has 0 saturated carbocycles. The minimum Gasteiger partial charge on any atom is -0.258 e. The first-order valence-electron chi connectivity index (χ1n) is 9.08. The van der Waals surface area contributed by atoms with Crippen molar-refractivity contribution in [3.63, 3.8) is 0 Å². The lowest BCUT2D eigenvalue weighted by Gasteiger charge is -2.07. The largest absolute Gasteiger partial charge is 0.269 e. The molecule has 7 heteroatoms. The maximum Gasteiger partial charge on any atom is 0.269 e. The molecule has 0 aliphatic rings. The first kappa shape index (κ1) is 20.4. The van der Waals surface area contributed by atoms with Crippen LogP contribution in [-0.4, -0.2) is 21.9 Å². The molecule has 1 aromatic heterocycles. The van der Waals surface area contributed by atoms with Crippen LogP contribution in [0.4, 0.5) is 5.69 Å². The molecule has 6 nitrogen and oxygen atoms in total. The summed E-state index contributed by atoms with van der Waals surface area (Å²) in [6.45, 7) is 10.3. The maximum atomic E-state index is 10.9. The van der Waals surface area contributed by atoms with E-state index in [1.54, 1.807) is 12.1 Å². The van der Waals surface area contributed by atoms with E-state index in [1.807, 2.05) is 23.9 Å². The van der Waals surface area contributed by atoms with E-state index in [-0.39, 0.29) is 5.69 Å². The Kier molecular flexibility index (Phi) is 6.19. The molecule has 0 spiro atoms. The van der Waals surface area contributed by atoms with Gasteiger partial charge in [0.1, 0.15) is 0 Å². The molecule has 0 amide bonds. The van der Waals surface area contributed by atoms with Crippen molar-refractivity contribution >= 4 is 22.7 Å². The predicted octanol–water partition coefficient (Wildman–Crippen LogP) is 5.18. The van der Waals surface area contributed by atoms with Crippen LogP contribution in [-0.2, 0) is 0 Å². The van der Waals surface area contributed by atoms with Crippen LogP contribution in [0.2, 0.25) is 0 Å². The summed E-state index contributed by atoms with van der Waals surface area (Å²) >= 11 is 1.52. The van der Waals surface area contributed by atoms with Crippen LogP contribution in [0.3, 0.4) is 0 Å². The molecule has 0 fully saturated rings. The van der Waals surface area contributed by atoms with Gasteiger partial charge in [0.05, 0.1) is 22.9 Å². The first-order valence-corrected chi connectivity index (χ1v) is 9.96. The van der Waals surface area contributed by atoms with E-state index in [1.165, 1.54) is 29.0 Å². The number of rotatable bonds is 6. The average molecular weight is 407 g/mol. The number of nitro benzene ring substituents is 1. The van der Waals surface area contributed by atoms with Crippen molar-refractivity contribution in [2.75, 3.05) is 6.54 Å². The smallest absolute Gasteiger partial charge is 0.258 e. The molecule has 29 heavy (non-hydrogen) atoms. The van der Waals surface area contributed by atoms with Crippen LogP contribution in [0.25, 0.3) is 11.3 Å². The normalized spacial score (nSPS) is 12.2. The Morgan fingerprint density at radius 3 is 2.38 bits per heavy atom. The summed E-state index contributed by atoms with van der Waals surface area (Å²) in [6, 6.07) is 14.6. The van der Waals surface area contributed by atoms with Crippen molar-refractivity contribution in [1.29, 1.82) is 0 Å². The number of hydrogen-bond acceptors (Lipinski definition) is 5. The fourth-order valence-electron chi connectivity index (χ4n) is 2.66. The molecule has 1 heterocycles. The van der Waals surface area contributed by atoms with Crippen molar-refractivity contribution in [2.24, 2.45) is 10.1 Å². The fraction of sp³-hybridized carbons (Fsp3) is 0.182. The Labute approximate surface area is 173 Å². The Balaban J connectivity index is 2.09. The van der Waals surface area contributed by atoms with Gasteiger partial charge in [-0.3, -0.25) is 15.1 Å². The zero-order valence-corrected chi connectivity index (χ0v) is 17.4. The van der Waals surface area contributed by atoms with E-state index >= 15 is 0 Å². The highest BCUT2D eigenvalue weighted by atomic mass is 32.1. The number of thiazole rings is 1. The van der Waals surface area contributed by atoms with Crippen molar-refractivity contribution in [3.8, 4) is 11.3 Å². The SMILES string of the molecule is C=C(C)CN=c1scc(-c2ccc(C)cc2)n1N=C(C)c1ccc([N+](=O)[O-])cc1. The van der Waals surface area contributed by atoms with E-state index in [9.17, 15) is 10.1 Å². The second kappa shape index (κ2) is 8.79. The monoisotopic (exact) mass is 406 g/mol. The van der Waals surface area contributed by atoms with Crippen molar-refractivity contribution in [1.82, 2.24) is 4.68 Å². The summed E-state index contributed by atoms with van der Waals surface area (Å²) in [5.74, 6) is 0. The van der Waals surface area contributed by atoms with Gasteiger partial charge in [-0.15, -0.1) is 11.3 Å². The second-order valence-electron chi connectivity index (χ2n) is 6.84. The zero-order chi connectivity index (χ0) is 21.0. The Morgan fingerprint density at radius 2 is 1.79 bits per heavy atom. The highest BCUT2D eigenvalue weighted by molar-refractivity contribution is 7.07. The van der Waals surface area contributed by atoms with Crippen molar-refractivity contribution in [2.45, 2.75) is 20.8 Å². The fourth-order valence-corrected chi connectivity index (χ4v) is 3.49. The number of benzene rings is 2. The zero-order valence-electron chi connectivity index (χ0n) is 16.6. The van der Waals surface area contributed by atoms with Crippen LogP contribution in [0.5, 0.6) is 0 Å². The van der Waals surface area contributed by atoms with Crippen molar-refractivity contribution in [3.05, 3.63) is 92.1 Å². The van der Waals surface area contributed by atoms with E-state index in [4.69, 9.17) is 5.10 Å². The molecule has 0 atom stereocenters. The minimum atomic E-state index is -0.409. The summed E-state index contributed by atoms with van der Waals surface area (Å²) in [5.41, 5.74) is 5.76. The van der Waals surface area contributed by atoms with E-state index in [2.05, 4.69) is 42.8 Å². The number of nitro groups is 1. The lowest BCUT2D eigenvalue weighted by Crippen LogP contribution is -2.15. The van der Waals surface area contributed by atoms with Gasteiger partial charge in [0.25, 0.3) is 5.69 Å². The molecule has 0 unspecified atom stereocenters. The molecule has 3 aromatic rings. The number of aromatic nitrogens is 1. The van der Waals surface area contributed by atoms with Gasteiger partial charge < -0.3 is 0 Å². The van der Waals surface area contributed by atoms with Gasteiger partial charge >= 0.3 is 0 Å². The third kappa shape index (κ3) is 4.94. The third-order valence-electron chi connectivity index (χ3n) is 4.26. The van der Waals surface area contributed by atoms with Crippen LogP contribution in [0, 0.1) is 17.0 Å². The summed E-state index contributed by atoms with van der Waals surface area (Å²) in [5, 5.41) is 17.7. The highest BCUT2D eigenvalue weighted by Crippen LogP contribution is 2.21. The Hall–Kier alpha value is -3.32. The standard InChI is InChI=1S/C22H22N4O2S/c1-15(2)13-23-22-25(21(14-29-22)19-7-5-16(3)6-8-19)24-17(4)18-9-11-20(12-10-18)26(27)28/h5-12,14H,1,13H2,2-4H3. The quantitative estimate of drug-likeness (QED) is 0.245. The summed E-state index contributed by atoms with van der Waals surface area (Å²) in [4.78, 5) is 15.9. The van der Waals surface area contributed by atoms with Crippen LogP contribution in [0.1, 0.15) is 25.0 Å². The minimum absolute atomic E-state index is 0.0576. The molecule has 0 aliphatic heterocycles. The lowest BCUT2D eigenvalue weighted by atomic mass is 10.1. The first-order chi connectivity index (χ1) is 13.8. The van der Waals surface area contributed by atoms with E-state index < -0.39 is 4.92 Å². The molecule has 0 radical (unpaired) electrons. The van der Waals surface area contributed by atoms with Crippen LogP contribution in [0.15, 0.2) is 76.2 Å². The number of aryl methyl sites for hydroxylation is 1. The molecule has 0 bridgehead atoms. The molecule has 0 saturated heterocycles. The molecule has 0 aliphatic carbocycles. The van der Waals surface area contributed by atoms with Gasteiger partial charge in [-0.05, 0) is 38.5 Å². The van der Waals surface area contributed by atoms with Crippen LogP contribution >= 0.6 is 11.3 Å². The molecule has 2 aromatic carbocycles. The summed E-state index contributed by atoms with van der Waals surface area (Å²) in [7, 11) is 0.